The average Bonchev–Trinajstić information content (AvgIpc) is 3.61. The van der Waals surface area contributed by atoms with Crippen LogP contribution in [-0.4, -0.2) is 26.4 Å². The van der Waals surface area contributed by atoms with Crippen LogP contribution in [0, 0.1) is 39.8 Å². The smallest absolute Gasteiger partial charge is 0.509 e. The van der Waals surface area contributed by atoms with Crippen molar-refractivity contribution in [2.45, 2.75) is 80.1 Å². The minimum Gasteiger partial charge on any atom is -0.509 e. The number of rotatable bonds is 6. The van der Waals surface area contributed by atoms with Crippen molar-refractivity contribution in [1.29, 1.82) is 0 Å². The number of benzene rings is 4. The van der Waals surface area contributed by atoms with Crippen molar-refractivity contribution >= 4 is 21.8 Å². The van der Waals surface area contributed by atoms with Gasteiger partial charge in [0.2, 0.25) is 0 Å². The molecule has 0 radical (unpaired) electrons. The van der Waals surface area contributed by atoms with Gasteiger partial charge in [-0.05, 0) is 60.7 Å². The molecule has 0 aliphatic carbocycles. The summed E-state index contributed by atoms with van der Waals surface area (Å²) in [7, 11) is 1.67. The molecule has 0 N–H and O–H groups in total. The van der Waals surface area contributed by atoms with Crippen LogP contribution in [0.4, 0.5) is 0 Å². The first kappa shape index (κ1) is 37.1. The Labute approximate surface area is 321 Å². The maximum Gasteiger partial charge on any atom is 2.00 e. The molecule has 0 aliphatic heterocycles. The molecule has 0 unspecified atom stereocenters. The van der Waals surface area contributed by atoms with Crippen molar-refractivity contribution in [2.24, 2.45) is 0 Å². The van der Waals surface area contributed by atoms with Crippen LogP contribution >= 0.6 is 0 Å². The Hall–Kier alpha value is -4.70. The SMILES string of the molecule is COc1ccnc(-n2c3[c-]c(Oc4[c-]c(-n5nc(C(C)(C)C)c(-c6c(C)cc(C)cc6C)c5C(C)(C)C)cc(C)c4)ccc3c3ccccc32)c1.[Pd+2]. The van der Waals surface area contributed by atoms with E-state index in [2.05, 4.69) is 133 Å². The molecule has 0 fully saturated rings. The summed E-state index contributed by atoms with van der Waals surface area (Å²) in [6, 6.07) is 32.1. The molecule has 0 saturated heterocycles. The third-order valence-corrected chi connectivity index (χ3v) is 9.39. The summed E-state index contributed by atoms with van der Waals surface area (Å²) in [6.07, 6.45) is 1.76. The third-order valence-electron chi connectivity index (χ3n) is 9.39. The van der Waals surface area contributed by atoms with Gasteiger partial charge in [-0.3, -0.25) is 4.68 Å². The number of methoxy groups -OCH3 is 1. The van der Waals surface area contributed by atoms with E-state index in [9.17, 15) is 0 Å². The second kappa shape index (κ2) is 13.7. The average molecular weight is 781 g/mol. The zero-order chi connectivity index (χ0) is 36.4. The van der Waals surface area contributed by atoms with Gasteiger partial charge < -0.3 is 14.0 Å². The maximum atomic E-state index is 6.62. The first-order valence-electron chi connectivity index (χ1n) is 17.5. The Kier molecular flexibility index (Phi) is 9.76. The van der Waals surface area contributed by atoms with Crippen LogP contribution in [-0.2, 0) is 31.3 Å². The second-order valence-electron chi connectivity index (χ2n) is 15.8. The maximum absolute atomic E-state index is 6.62. The van der Waals surface area contributed by atoms with Gasteiger partial charge in [0.15, 0.2) is 0 Å². The molecule has 268 valence electrons. The quantitative estimate of drug-likeness (QED) is 0.125. The van der Waals surface area contributed by atoms with E-state index in [0.717, 1.165) is 56.0 Å². The summed E-state index contributed by atoms with van der Waals surface area (Å²) < 4.78 is 16.4. The Morgan fingerprint density at radius 2 is 1.38 bits per heavy atom. The van der Waals surface area contributed by atoms with Gasteiger partial charge in [-0.1, -0.05) is 89.9 Å². The number of fused-ring (bicyclic) bond motifs is 3. The van der Waals surface area contributed by atoms with E-state index in [1.807, 2.05) is 30.3 Å². The predicted octanol–water partition coefficient (Wildman–Crippen LogP) is 11.3. The largest absolute Gasteiger partial charge is 2.00 e. The fraction of sp³-hybridized carbons (Fsp3) is 0.289. The van der Waals surface area contributed by atoms with Crippen molar-refractivity contribution < 1.29 is 29.9 Å². The van der Waals surface area contributed by atoms with E-state index in [4.69, 9.17) is 19.6 Å². The van der Waals surface area contributed by atoms with E-state index in [-0.39, 0.29) is 31.3 Å². The molecular weight excluding hydrogens is 735 g/mol. The number of pyridine rings is 1. The summed E-state index contributed by atoms with van der Waals surface area (Å²) in [4.78, 5) is 4.70. The van der Waals surface area contributed by atoms with Crippen molar-refractivity contribution in [2.75, 3.05) is 7.11 Å². The molecule has 52 heavy (non-hydrogen) atoms. The van der Waals surface area contributed by atoms with Crippen molar-refractivity contribution in [3.63, 3.8) is 0 Å². The molecule has 3 heterocycles. The monoisotopic (exact) mass is 780 g/mol. The number of hydrogen-bond donors (Lipinski definition) is 0. The first-order valence-corrected chi connectivity index (χ1v) is 17.5. The number of para-hydroxylation sites is 1. The molecule has 7 rings (SSSR count). The van der Waals surface area contributed by atoms with Crippen molar-refractivity contribution in [3.05, 3.63) is 125 Å². The molecule has 0 amide bonds. The van der Waals surface area contributed by atoms with Crippen LogP contribution in [0.25, 0.3) is 44.4 Å². The number of aromatic nitrogens is 4. The molecule has 4 aromatic carbocycles. The Bertz CT molecular complexity index is 2430. The van der Waals surface area contributed by atoms with Crippen LogP contribution in [0.5, 0.6) is 17.2 Å². The predicted molar refractivity (Wildman–Crippen MR) is 208 cm³/mol. The van der Waals surface area contributed by atoms with Crippen LogP contribution in [0.3, 0.4) is 0 Å². The summed E-state index contributed by atoms with van der Waals surface area (Å²) in [5, 5.41) is 7.59. The number of hydrogen-bond acceptors (Lipinski definition) is 4. The number of nitrogens with zero attached hydrogens (tertiary/aromatic N) is 4. The minimum absolute atomic E-state index is 0. The Balaban J connectivity index is 0.00000464. The van der Waals surface area contributed by atoms with Gasteiger partial charge in [0.05, 0.1) is 18.5 Å². The molecule has 6 nitrogen and oxygen atoms in total. The van der Waals surface area contributed by atoms with Gasteiger partial charge in [-0.2, -0.15) is 16.7 Å². The van der Waals surface area contributed by atoms with Gasteiger partial charge in [0.1, 0.15) is 11.6 Å². The van der Waals surface area contributed by atoms with Crippen LogP contribution in [0.1, 0.15) is 75.2 Å². The Morgan fingerprint density at radius 3 is 2.06 bits per heavy atom. The zero-order valence-electron chi connectivity index (χ0n) is 31.9. The van der Waals surface area contributed by atoms with E-state index >= 15 is 0 Å². The summed E-state index contributed by atoms with van der Waals surface area (Å²) >= 11 is 0. The van der Waals surface area contributed by atoms with E-state index < -0.39 is 0 Å². The van der Waals surface area contributed by atoms with Crippen LogP contribution < -0.4 is 9.47 Å². The molecule has 3 aromatic heterocycles. The van der Waals surface area contributed by atoms with Gasteiger partial charge in [-0.15, -0.1) is 35.7 Å². The molecule has 0 aliphatic rings. The fourth-order valence-electron chi connectivity index (χ4n) is 7.39. The molecule has 0 spiro atoms. The van der Waals surface area contributed by atoms with E-state index in [0.29, 0.717) is 11.5 Å². The second-order valence-corrected chi connectivity index (χ2v) is 15.8. The Morgan fingerprint density at radius 1 is 0.692 bits per heavy atom. The summed E-state index contributed by atoms with van der Waals surface area (Å²) in [5.74, 6) is 2.66. The van der Waals surface area contributed by atoms with Gasteiger partial charge in [0.25, 0.3) is 0 Å². The van der Waals surface area contributed by atoms with Gasteiger partial charge >= 0.3 is 20.4 Å². The van der Waals surface area contributed by atoms with Crippen LogP contribution in [0.15, 0.2) is 79.0 Å². The third kappa shape index (κ3) is 6.69. The van der Waals surface area contributed by atoms with Gasteiger partial charge in [-0.25, -0.2) is 4.98 Å². The van der Waals surface area contributed by atoms with Crippen molar-refractivity contribution in [3.8, 4) is 39.9 Å². The molecule has 7 heteroatoms. The molecular formula is C45H46N4O2Pd. The molecule has 0 saturated carbocycles. The first-order chi connectivity index (χ1) is 24.1. The van der Waals surface area contributed by atoms with E-state index in [1.165, 1.54) is 27.8 Å². The normalized spacial score (nSPS) is 12.0. The van der Waals surface area contributed by atoms with Crippen molar-refractivity contribution in [1.82, 2.24) is 19.3 Å². The van der Waals surface area contributed by atoms with Gasteiger partial charge in [0, 0.05) is 45.7 Å². The minimum atomic E-state index is -0.228. The summed E-state index contributed by atoms with van der Waals surface area (Å²) in [5.41, 5.74) is 11.8. The zero-order valence-corrected chi connectivity index (χ0v) is 33.5. The topological polar surface area (TPSA) is 54.1 Å². The number of aryl methyl sites for hydroxylation is 4. The number of ether oxygens (including phenoxy) is 2. The van der Waals surface area contributed by atoms with Crippen LogP contribution in [0.2, 0.25) is 0 Å². The molecule has 0 atom stereocenters. The standard InChI is InChI=1S/C45H46N4O2.Pd/c1-27-20-29(3)40(30(4)21-27)41-42(44(5,6)7)47-49(43(41)45(8,9)10)31-22-28(2)23-34(24-31)51-33-16-17-36-35-14-12-13-15-37(35)48(38(36)25-33)39-26-32(50-11)18-19-46-39;/h12-23,26H,1-11H3;/q-2;+2. The summed E-state index contributed by atoms with van der Waals surface area (Å²) in [6.45, 7) is 22.2. The molecule has 7 aromatic rings. The van der Waals surface area contributed by atoms with E-state index in [1.54, 1.807) is 13.3 Å². The molecule has 0 bridgehead atoms. The fourth-order valence-corrected chi connectivity index (χ4v) is 7.39.